The van der Waals surface area contributed by atoms with Gasteiger partial charge in [0.05, 0.1) is 0 Å². The summed E-state index contributed by atoms with van der Waals surface area (Å²) in [5.74, 6) is 0.00189. The molecule has 0 aliphatic rings. The van der Waals surface area contributed by atoms with E-state index in [1.807, 2.05) is 6.07 Å². The Balaban J connectivity index is 2.34. The van der Waals surface area contributed by atoms with Gasteiger partial charge in [-0.1, -0.05) is 30.7 Å². The first kappa shape index (κ1) is 15.8. The van der Waals surface area contributed by atoms with E-state index in [9.17, 15) is 8.42 Å². The number of hydrogen-bond acceptors (Lipinski definition) is 4. The molecule has 0 aliphatic carbocycles. The van der Waals surface area contributed by atoms with E-state index in [0.717, 1.165) is 5.56 Å². The van der Waals surface area contributed by atoms with Crippen LogP contribution in [0.3, 0.4) is 0 Å². The van der Waals surface area contributed by atoms with Gasteiger partial charge >= 0.3 is 0 Å². The highest BCUT2D eigenvalue weighted by Gasteiger charge is 2.27. The summed E-state index contributed by atoms with van der Waals surface area (Å²) in [6.07, 6.45) is 1.41. The topological polar surface area (TPSA) is 81.2 Å². The number of anilines is 1. The monoisotopic (exact) mass is 328 g/mol. The maximum Gasteiger partial charge on any atom is 0.248 e. The van der Waals surface area contributed by atoms with Crippen LogP contribution in [0.1, 0.15) is 12.5 Å². The Labute approximate surface area is 129 Å². The van der Waals surface area contributed by atoms with Gasteiger partial charge in [-0.2, -0.15) is 9.40 Å². The van der Waals surface area contributed by atoms with Gasteiger partial charge in [0.15, 0.2) is 5.82 Å². The molecule has 2 N–H and O–H groups in total. The molecule has 0 saturated heterocycles. The number of rotatable bonds is 5. The predicted octanol–water partition coefficient (Wildman–Crippen LogP) is 1.87. The lowest BCUT2D eigenvalue weighted by Gasteiger charge is -2.20. The minimum Gasteiger partial charge on any atom is -0.381 e. The largest absolute Gasteiger partial charge is 0.381 e. The summed E-state index contributed by atoms with van der Waals surface area (Å²) in [6.45, 7) is 2.32. The fourth-order valence-corrected chi connectivity index (χ4v) is 3.77. The van der Waals surface area contributed by atoms with Crippen LogP contribution in [0.25, 0.3) is 0 Å². The van der Waals surface area contributed by atoms with Crippen LogP contribution < -0.4 is 5.73 Å². The highest BCUT2D eigenvalue weighted by Crippen LogP contribution is 2.23. The van der Waals surface area contributed by atoms with Crippen LogP contribution in [0.5, 0.6) is 0 Å². The van der Waals surface area contributed by atoms with Crippen LogP contribution in [0.4, 0.5) is 5.82 Å². The third-order valence-electron chi connectivity index (χ3n) is 3.04. The SMILES string of the molecule is CCN(Cc1cccc(Cl)c1)S(=O)(=O)c1cn(C)nc1N. The zero-order valence-electron chi connectivity index (χ0n) is 11.8. The van der Waals surface area contributed by atoms with E-state index in [1.165, 1.54) is 15.2 Å². The van der Waals surface area contributed by atoms with E-state index < -0.39 is 10.0 Å². The van der Waals surface area contributed by atoms with Crippen molar-refractivity contribution in [3.05, 3.63) is 41.0 Å². The number of aromatic nitrogens is 2. The summed E-state index contributed by atoms with van der Waals surface area (Å²) in [4.78, 5) is 0.0221. The Morgan fingerprint density at radius 2 is 2.14 bits per heavy atom. The highest BCUT2D eigenvalue weighted by atomic mass is 35.5. The van der Waals surface area contributed by atoms with Gasteiger partial charge in [-0.05, 0) is 17.7 Å². The molecule has 114 valence electrons. The maximum absolute atomic E-state index is 12.6. The molecule has 0 fully saturated rings. The van der Waals surface area contributed by atoms with Gasteiger partial charge in [-0.25, -0.2) is 8.42 Å². The quantitative estimate of drug-likeness (QED) is 0.908. The molecule has 1 heterocycles. The molecular formula is C13H17ClN4O2S. The second kappa shape index (κ2) is 6.05. The van der Waals surface area contributed by atoms with Crippen LogP contribution in [0, 0.1) is 0 Å². The van der Waals surface area contributed by atoms with Crippen molar-refractivity contribution in [3.8, 4) is 0 Å². The summed E-state index contributed by atoms with van der Waals surface area (Å²) in [6, 6.07) is 7.11. The number of halogens is 1. The van der Waals surface area contributed by atoms with Crippen molar-refractivity contribution in [1.29, 1.82) is 0 Å². The summed E-state index contributed by atoms with van der Waals surface area (Å²) in [7, 11) is -2.06. The fraction of sp³-hybridized carbons (Fsp3) is 0.308. The first-order valence-electron chi connectivity index (χ1n) is 6.38. The standard InChI is InChI=1S/C13H17ClN4O2S/c1-3-18(8-10-5-4-6-11(14)7-10)21(19,20)12-9-17(2)16-13(12)15/h4-7,9H,3,8H2,1-2H3,(H2,15,16). The number of sulfonamides is 1. The first-order chi connectivity index (χ1) is 9.84. The lowest BCUT2D eigenvalue weighted by molar-refractivity contribution is 0.423. The van der Waals surface area contributed by atoms with Gasteiger partial charge in [0.1, 0.15) is 4.90 Å². The van der Waals surface area contributed by atoms with Crippen LogP contribution in [0.2, 0.25) is 5.02 Å². The second-order valence-corrected chi connectivity index (χ2v) is 6.96. The average Bonchev–Trinajstić information content (AvgIpc) is 2.75. The van der Waals surface area contributed by atoms with Gasteiger partial charge < -0.3 is 5.73 Å². The van der Waals surface area contributed by atoms with Crippen LogP contribution in [0.15, 0.2) is 35.4 Å². The summed E-state index contributed by atoms with van der Waals surface area (Å²) >= 11 is 5.93. The van der Waals surface area contributed by atoms with Gasteiger partial charge in [0, 0.05) is 31.4 Å². The molecule has 0 amide bonds. The molecule has 8 heteroatoms. The molecule has 0 aliphatic heterocycles. The molecule has 6 nitrogen and oxygen atoms in total. The van der Waals surface area contributed by atoms with Crippen molar-refractivity contribution in [3.63, 3.8) is 0 Å². The number of benzene rings is 1. The molecule has 0 saturated carbocycles. The molecule has 0 spiro atoms. The summed E-state index contributed by atoms with van der Waals surface area (Å²) in [5, 5.41) is 4.45. The Morgan fingerprint density at radius 1 is 1.43 bits per heavy atom. The third-order valence-corrected chi connectivity index (χ3v) is 5.21. The lowest BCUT2D eigenvalue weighted by Crippen LogP contribution is -2.30. The molecule has 2 aromatic rings. The normalized spacial score (nSPS) is 12.0. The smallest absolute Gasteiger partial charge is 0.248 e. The van der Waals surface area contributed by atoms with Crippen LogP contribution >= 0.6 is 11.6 Å². The molecular weight excluding hydrogens is 312 g/mol. The number of hydrogen-bond donors (Lipinski definition) is 1. The van der Waals surface area contributed by atoms with Crippen molar-refractivity contribution in [1.82, 2.24) is 14.1 Å². The maximum atomic E-state index is 12.6. The van der Waals surface area contributed by atoms with Gasteiger partial charge in [0.2, 0.25) is 10.0 Å². The summed E-state index contributed by atoms with van der Waals surface area (Å²) < 4.78 is 28.0. The van der Waals surface area contributed by atoms with Gasteiger partial charge in [0.25, 0.3) is 0 Å². The van der Waals surface area contributed by atoms with E-state index in [2.05, 4.69) is 5.10 Å². The summed E-state index contributed by atoms with van der Waals surface area (Å²) in [5.41, 5.74) is 6.49. The van der Waals surface area contributed by atoms with Crippen molar-refractivity contribution < 1.29 is 8.42 Å². The van der Waals surface area contributed by atoms with Crippen molar-refractivity contribution in [2.45, 2.75) is 18.4 Å². The molecule has 0 bridgehead atoms. The zero-order chi connectivity index (χ0) is 15.6. The molecule has 0 radical (unpaired) electrons. The van der Waals surface area contributed by atoms with Crippen LogP contribution in [-0.2, 0) is 23.6 Å². The molecule has 1 aromatic carbocycles. The molecule has 2 rings (SSSR count). The van der Waals surface area contributed by atoms with E-state index in [-0.39, 0.29) is 17.3 Å². The second-order valence-electron chi connectivity index (χ2n) is 4.61. The highest BCUT2D eigenvalue weighted by molar-refractivity contribution is 7.89. The Morgan fingerprint density at radius 3 is 2.67 bits per heavy atom. The predicted molar refractivity (Wildman–Crippen MR) is 82.3 cm³/mol. The number of nitrogens with zero attached hydrogens (tertiary/aromatic N) is 3. The van der Waals surface area contributed by atoms with Crippen molar-refractivity contribution >= 4 is 27.4 Å². The Kier molecular flexibility index (Phi) is 4.55. The van der Waals surface area contributed by atoms with Crippen LogP contribution in [-0.4, -0.2) is 29.0 Å². The number of nitrogens with two attached hydrogens (primary N) is 1. The lowest BCUT2D eigenvalue weighted by atomic mass is 10.2. The minimum absolute atomic E-state index is 0.00189. The van der Waals surface area contributed by atoms with E-state index >= 15 is 0 Å². The molecule has 0 atom stereocenters. The number of aryl methyl sites for hydroxylation is 1. The van der Waals surface area contributed by atoms with E-state index in [4.69, 9.17) is 17.3 Å². The van der Waals surface area contributed by atoms with Gasteiger partial charge in [-0.15, -0.1) is 0 Å². The zero-order valence-corrected chi connectivity index (χ0v) is 13.4. The van der Waals surface area contributed by atoms with E-state index in [1.54, 1.807) is 32.2 Å². The molecule has 0 unspecified atom stereocenters. The Hall–Kier alpha value is -1.57. The fourth-order valence-electron chi connectivity index (χ4n) is 2.03. The minimum atomic E-state index is -3.69. The van der Waals surface area contributed by atoms with Gasteiger partial charge in [-0.3, -0.25) is 4.68 Å². The molecule has 1 aromatic heterocycles. The van der Waals surface area contributed by atoms with E-state index in [0.29, 0.717) is 11.6 Å². The first-order valence-corrected chi connectivity index (χ1v) is 8.20. The Bertz CT molecular complexity index is 742. The molecule has 21 heavy (non-hydrogen) atoms. The van der Waals surface area contributed by atoms with Crippen molar-refractivity contribution in [2.24, 2.45) is 7.05 Å². The average molecular weight is 329 g/mol. The third kappa shape index (κ3) is 3.37. The number of nitrogen functional groups attached to an aromatic ring is 1. The van der Waals surface area contributed by atoms with Crippen molar-refractivity contribution in [2.75, 3.05) is 12.3 Å².